The van der Waals surface area contributed by atoms with Crippen LogP contribution in [-0.2, 0) is 7.05 Å². The van der Waals surface area contributed by atoms with Crippen LogP contribution in [0.2, 0.25) is 0 Å². The number of ketones is 1. The summed E-state index contributed by atoms with van der Waals surface area (Å²) in [5, 5.41) is 14.0. The fourth-order valence-electron chi connectivity index (χ4n) is 1.78. The molecule has 0 saturated heterocycles. The third kappa shape index (κ3) is 2.52. The lowest BCUT2D eigenvalue weighted by Crippen LogP contribution is -2.30. The SMILES string of the molecule is CCC(CC)C(O)C(=O)c1c(Br)cnn1C. The van der Waals surface area contributed by atoms with E-state index in [0.29, 0.717) is 10.2 Å². The van der Waals surface area contributed by atoms with Gasteiger partial charge in [0.05, 0.1) is 10.7 Å². The number of nitrogens with zero attached hydrogens (tertiary/aromatic N) is 2. The molecule has 0 aliphatic carbocycles. The Balaban J connectivity index is 2.94. The van der Waals surface area contributed by atoms with E-state index < -0.39 is 6.10 Å². The highest BCUT2D eigenvalue weighted by Gasteiger charge is 2.28. The van der Waals surface area contributed by atoms with E-state index in [-0.39, 0.29) is 11.7 Å². The zero-order valence-electron chi connectivity index (χ0n) is 9.77. The first kappa shape index (κ1) is 13.4. The summed E-state index contributed by atoms with van der Waals surface area (Å²) >= 11 is 3.26. The minimum atomic E-state index is -0.943. The van der Waals surface area contributed by atoms with Crippen molar-refractivity contribution in [2.75, 3.05) is 0 Å². The Morgan fingerprint density at radius 3 is 2.50 bits per heavy atom. The van der Waals surface area contributed by atoms with Gasteiger partial charge in [0.15, 0.2) is 0 Å². The molecule has 1 rings (SSSR count). The molecule has 1 N–H and O–H groups in total. The number of hydrogen-bond acceptors (Lipinski definition) is 3. The Morgan fingerprint density at radius 1 is 1.56 bits per heavy atom. The van der Waals surface area contributed by atoms with Crippen LogP contribution < -0.4 is 0 Å². The average molecular weight is 289 g/mol. The molecule has 16 heavy (non-hydrogen) atoms. The van der Waals surface area contributed by atoms with Crippen LogP contribution in [0.15, 0.2) is 10.7 Å². The molecule has 5 heteroatoms. The monoisotopic (exact) mass is 288 g/mol. The number of halogens is 1. The minimum Gasteiger partial charge on any atom is -0.385 e. The average Bonchev–Trinajstić information content (AvgIpc) is 2.59. The highest BCUT2D eigenvalue weighted by atomic mass is 79.9. The molecule has 0 saturated carbocycles. The Bertz CT molecular complexity index is 353. The van der Waals surface area contributed by atoms with E-state index >= 15 is 0 Å². The standard InChI is InChI=1S/C11H17BrN2O2/c1-4-7(5-2)10(15)11(16)9-8(12)6-13-14(9)3/h6-7,10,15H,4-5H2,1-3H3. The molecule has 0 fully saturated rings. The van der Waals surface area contributed by atoms with Crippen LogP contribution in [0.4, 0.5) is 0 Å². The van der Waals surface area contributed by atoms with Crippen molar-refractivity contribution < 1.29 is 9.90 Å². The van der Waals surface area contributed by atoms with Crippen LogP contribution >= 0.6 is 15.9 Å². The van der Waals surface area contributed by atoms with Gasteiger partial charge in [0.1, 0.15) is 11.8 Å². The zero-order valence-corrected chi connectivity index (χ0v) is 11.4. The molecule has 0 aliphatic heterocycles. The molecule has 1 aromatic rings. The van der Waals surface area contributed by atoms with Gasteiger partial charge in [-0.15, -0.1) is 0 Å². The first-order valence-corrected chi connectivity index (χ1v) is 6.21. The normalized spacial score (nSPS) is 13.1. The van der Waals surface area contributed by atoms with Crippen molar-refractivity contribution in [1.29, 1.82) is 0 Å². The van der Waals surface area contributed by atoms with Crippen molar-refractivity contribution in [1.82, 2.24) is 9.78 Å². The van der Waals surface area contributed by atoms with Crippen molar-refractivity contribution in [3.05, 3.63) is 16.4 Å². The molecule has 0 spiro atoms. The molecular formula is C11H17BrN2O2. The maximum absolute atomic E-state index is 12.1. The number of aromatic nitrogens is 2. The van der Waals surface area contributed by atoms with Gasteiger partial charge in [-0.25, -0.2) is 0 Å². The Morgan fingerprint density at radius 2 is 2.12 bits per heavy atom. The van der Waals surface area contributed by atoms with Crippen molar-refractivity contribution >= 4 is 21.7 Å². The second kappa shape index (κ2) is 5.59. The van der Waals surface area contributed by atoms with Crippen molar-refractivity contribution in [3.8, 4) is 0 Å². The van der Waals surface area contributed by atoms with Crippen LogP contribution in [0.3, 0.4) is 0 Å². The molecule has 0 bridgehead atoms. The second-order valence-electron chi connectivity index (χ2n) is 3.85. The fraction of sp³-hybridized carbons (Fsp3) is 0.636. The van der Waals surface area contributed by atoms with E-state index in [4.69, 9.17) is 0 Å². The molecule has 0 amide bonds. The maximum Gasteiger partial charge on any atom is 0.210 e. The van der Waals surface area contributed by atoms with Crippen molar-refractivity contribution in [2.24, 2.45) is 13.0 Å². The molecule has 0 aliphatic rings. The van der Waals surface area contributed by atoms with Crippen molar-refractivity contribution in [2.45, 2.75) is 32.8 Å². The van der Waals surface area contributed by atoms with Gasteiger partial charge in [0.2, 0.25) is 5.78 Å². The number of aryl methyl sites for hydroxylation is 1. The summed E-state index contributed by atoms with van der Waals surface area (Å²) in [5.41, 5.74) is 0.430. The smallest absolute Gasteiger partial charge is 0.210 e. The van der Waals surface area contributed by atoms with Crippen LogP contribution in [0.5, 0.6) is 0 Å². The number of carbonyl (C=O) groups is 1. The number of hydrogen-bond donors (Lipinski definition) is 1. The lowest BCUT2D eigenvalue weighted by Gasteiger charge is -2.18. The summed E-state index contributed by atoms with van der Waals surface area (Å²) in [6.07, 6.45) is 2.20. The Labute approximate surface area is 104 Å². The van der Waals surface area contributed by atoms with Crippen LogP contribution in [0.1, 0.15) is 37.2 Å². The van der Waals surface area contributed by atoms with E-state index in [2.05, 4.69) is 21.0 Å². The van der Waals surface area contributed by atoms with Gasteiger partial charge in [-0.1, -0.05) is 26.7 Å². The van der Waals surface area contributed by atoms with E-state index in [1.165, 1.54) is 4.68 Å². The van der Waals surface area contributed by atoms with Gasteiger partial charge in [-0.2, -0.15) is 5.10 Å². The maximum atomic E-state index is 12.1. The number of rotatable bonds is 5. The molecule has 1 atom stereocenters. The fourth-order valence-corrected chi connectivity index (χ4v) is 2.32. The molecule has 4 nitrogen and oxygen atoms in total. The van der Waals surface area contributed by atoms with Gasteiger partial charge in [-0.3, -0.25) is 9.48 Å². The minimum absolute atomic E-state index is 0.00861. The first-order chi connectivity index (χ1) is 7.52. The molecule has 1 unspecified atom stereocenters. The number of aliphatic hydroxyl groups is 1. The highest BCUT2D eigenvalue weighted by molar-refractivity contribution is 9.10. The van der Waals surface area contributed by atoms with Crippen LogP contribution in [0, 0.1) is 5.92 Å². The van der Waals surface area contributed by atoms with Gasteiger partial charge in [0.25, 0.3) is 0 Å². The van der Waals surface area contributed by atoms with Gasteiger partial charge in [0, 0.05) is 7.05 Å². The lowest BCUT2D eigenvalue weighted by atomic mass is 9.92. The molecular weight excluding hydrogens is 272 g/mol. The zero-order chi connectivity index (χ0) is 12.3. The molecule has 1 heterocycles. The summed E-state index contributed by atoms with van der Waals surface area (Å²) in [6, 6.07) is 0. The summed E-state index contributed by atoms with van der Waals surface area (Å²) in [5.74, 6) is -0.255. The predicted octanol–water partition coefficient (Wildman–Crippen LogP) is 2.16. The predicted molar refractivity (Wildman–Crippen MR) is 65.3 cm³/mol. The van der Waals surface area contributed by atoms with E-state index in [1.807, 2.05) is 13.8 Å². The summed E-state index contributed by atoms with van der Waals surface area (Å²) in [6.45, 7) is 3.95. The summed E-state index contributed by atoms with van der Waals surface area (Å²) in [4.78, 5) is 12.1. The van der Waals surface area contributed by atoms with Crippen LogP contribution in [0.25, 0.3) is 0 Å². The largest absolute Gasteiger partial charge is 0.385 e. The molecule has 90 valence electrons. The third-order valence-electron chi connectivity index (χ3n) is 2.89. The first-order valence-electron chi connectivity index (χ1n) is 5.42. The Hall–Kier alpha value is -0.680. The van der Waals surface area contributed by atoms with Crippen LogP contribution in [-0.4, -0.2) is 26.8 Å². The number of Topliss-reactive ketones (excluding diaryl/α,β-unsaturated/α-hetero) is 1. The van der Waals surface area contributed by atoms with E-state index in [9.17, 15) is 9.90 Å². The van der Waals surface area contributed by atoms with E-state index in [1.54, 1.807) is 13.2 Å². The number of aliphatic hydroxyl groups excluding tert-OH is 1. The molecule has 0 radical (unpaired) electrons. The van der Waals surface area contributed by atoms with Crippen molar-refractivity contribution in [3.63, 3.8) is 0 Å². The highest BCUT2D eigenvalue weighted by Crippen LogP contribution is 2.22. The number of carbonyl (C=O) groups excluding carboxylic acids is 1. The topological polar surface area (TPSA) is 55.1 Å². The third-order valence-corrected chi connectivity index (χ3v) is 3.47. The van der Waals surface area contributed by atoms with Gasteiger partial charge in [-0.05, 0) is 21.8 Å². The molecule has 0 aromatic carbocycles. The summed E-state index contributed by atoms with van der Waals surface area (Å²) in [7, 11) is 1.69. The van der Waals surface area contributed by atoms with Gasteiger partial charge >= 0.3 is 0 Å². The second-order valence-corrected chi connectivity index (χ2v) is 4.70. The lowest BCUT2D eigenvalue weighted by molar-refractivity contribution is 0.0577. The quantitative estimate of drug-likeness (QED) is 0.845. The Kier molecular flexibility index (Phi) is 4.68. The van der Waals surface area contributed by atoms with Gasteiger partial charge < -0.3 is 5.11 Å². The molecule has 1 aromatic heterocycles. The summed E-state index contributed by atoms with van der Waals surface area (Å²) < 4.78 is 2.11. The van der Waals surface area contributed by atoms with E-state index in [0.717, 1.165) is 12.8 Å².